The van der Waals surface area contributed by atoms with Crippen LogP contribution < -0.4 is 10.2 Å². The van der Waals surface area contributed by atoms with Crippen molar-refractivity contribution in [3.8, 4) is 0 Å². The van der Waals surface area contributed by atoms with E-state index in [-0.39, 0.29) is 30.8 Å². The first-order valence-electron chi connectivity index (χ1n) is 5.88. The number of anilines is 1. The minimum atomic E-state index is -0.283. The normalized spacial score (nSPS) is 18.0. The first-order valence-corrected chi connectivity index (χ1v) is 5.88. The number of benzene rings is 1. The lowest BCUT2D eigenvalue weighted by molar-refractivity contribution is 0.0601. The molecule has 1 atom stereocenters. The molecule has 1 aliphatic heterocycles. The van der Waals surface area contributed by atoms with Crippen LogP contribution in [-0.4, -0.2) is 38.8 Å². The van der Waals surface area contributed by atoms with Gasteiger partial charge in [-0.15, -0.1) is 24.8 Å². The zero-order chi connectivity index (χ0) is 12.3. The summed E-state index contributed by atoms with van der Waals surface area (Å²) in [5.41, 5.74) is 1.69. The monoisotopic (exact) mass is 306 g/mol. The molecule has 1 fully saturated rings. The molecule has 0 radical (unpaired) electrons. The van der Waals surface area contributed by atoms with E-state index in [1.165, 1.54) is 7.11 Å². The molecule has 19 heavy (non-hydrogen) atoms. The molecule has 0 aromatic heterocycles. The van der Waals surface area contributed by atoms with E-state index in [2.05, 4.69) is 17.1 Å². The van der Waals surface area contributed by atoms with Gasteiger partial charge in [-0.3, -0.25) is 0 Å². The van der Waals surface area contributed by atoms with Gasteiger partial charge in [0.2, 0.25) is 0 Å². The van der Waals surface area contributed by atoms with Gasteiger partial charge in [-0.05, 0) is 25.1 Å². The quantitative estimate of drug-likeness (QED) is 0.850. The predicted octanol–water partition coefficient (Wildman–Crippen LogP) is 2.11. The van der Waals surface area contributed by atoms with Gasteiger partial charge in [0, 0.05) is 31.4 Å². The molecule has 0 spiro atoms. The topological polar surface area (TPSA) is 41.6 Å². The van der Waals surface area contributed by atoms with E-state index >= 15 is 0 Å². The van der Waals surface area contributed by atoms with E-state index in [9.17, 15) is 4.79 Å². The molecule has 4 nitrogen and oxygen atoms in total. The third-order valence-electron chi connectivity index (χ3n) is 3.10. The molecule has 1 heterocycles. The van der Waals surface area contributed by atoms with E-state index in [4.69, 9.17) is 4.74 Å². The summed E-state index contributed by atoms with van der Waals surface area (Å²) in [6.45, 7) is 5.10. The zero-order valence-electron chi connectivity index (χ0n) is 11.1. The van der Waals surface area contributed by atoms with E-state index in [0.29, 0.717) is 11.6 Å². The molecule has 2 rings (SSSR count). The van der Waals surface area contributed by atoms with Crippen LogP contribution in [-0.2, 0) is 4.74 Å². The molecule has 1 aromatic carbocycles. The van der Waals surface area contributed by atoms with Gasteiger partial charge in [0.1, 0.15) is 0 Å². The van der Waals surface area contributed by atoms with Crippen LogP contribution >= 0.6 is 24.8 Å². The number of piperazine rings is 1. The molecule has 1 N–H and O–H groups in total. The number of carbonyl (C=O) groups is 1. The molecule has 1 saturated heterocycles. The van der Waals surface area contributed by atoms with Crippen molar-refractivity contribution in [3.05, 3.63) is 29.8 Å². The van der Waals surface area contributed by atoms with Crippen LogP contribution in [0, 0.1) is 0 Å². The largest absolute Gasteiger partial charge is 0.465 e. The van der Waals surface area contributed by atoms with Crippen molar-refractivity contribution in [2.24, 2.45) is 0 Å². The van der Waals surface area contributed by atoms with Crippen LogP contribution in [0.4, 0.5) is 5.69 Å². The fourth-order valence-electron chi connectivity index (χ4n) is 2.15. The summed E-state index contributed by atoms with van der Waals surface area (Å²) >= 11 is 0. The Morgan fingerprint density at radius 3 is 2.79 bits per heavy atom. The van der Waals surface area contributed by atoms with E-state index in [1.807, 2.05) is 18.2 Å². The van der Waals surface area contributed by atoms with Gasteiger partial charge < -0.3 is 15.0 Å². The molecule has 1 aliphatic rings. The molecule has 0 bridgehead atoms. The number of hydrogen-bond acceptors (Lipinski definition) is 4. The summed E-state index contributed by atoms with van der Waals surface area (Å²) in [5.74, 6) is -0.283. The number of nitrogens with zero attached hydrogens (tertiary/aromatic N) is 1. The molecule has 0 unspecified atom stereocenters. The maximum absolute atomic E-state index is 11.5. The number of rotatable bonds is 2. The lowest BCUT2D eigenvalue weighted by Gasteiger charge is -2.36. The van der Waals surface area contributed by atoms with Crippen LogP contribution in [0.15, 0.2) is 24.3 Å². The highest BCUT2D eigenvalue weighted by Gasteiger charge is 2.19. The highest BCUT2D eigenvalue weighted by molar-refractivity contribution is 5.90. The summed E-state index contributed by atoms with van der Waals surface area (Å²) in [5, 5.41) is 3.35. The van der Waals surface area contributed by atoms with Crippen LogP contribution in [0.2, 0.25) is 0 Å². The summed E-state index contributed by atoms with van der Waals surface area (Å²) in [7, 11) is 1.41. The zero-order valence-corrected chi connectivity index (χ0v) is 12.7. The molecule has 6 heteroatoms. The molecular formula is C13H20Cl2N2O2. The standard InChI is InChI=1S/C13H18N2O2.2ClH/c1-10-9-14-6-7-15(10)12-5-3-4-11(8-12)13(16)17-2;;/h3-5,8,10,14H,6-7,9H2,1-2H3;2*1H/t10-;;/m1../s1. The number of hydrogen-bond donors (Lipinski definition) is 1. The number of methoxy groups -OCH3 is 1. The van der Waals surface area contributed by atoms with Crippen molar-refractivity contribution in [1.82, 2.24) is 5.32 Å². The van der Waals surface area contributed by atoms with Crippen molar-refractivity contribution in [3.63, 3.8) is 0 Å². The summed E-state index contributed by atoms with van der Waals surface area (Å²) in [6, 6.07) is 8.05. The lowest BCUT2D eigenvalue weighted by atomic mass is 10.1. The smallest absolute Gasteiger partial charge is 0.337 e. The highest BCUT2D eigenvalue weighted by Crippen LogP contribution is 2.20. The summed E-state index contributed by atoms with van der Waals surface area (Å²) in [4.78, 5) is 13.8. The van der Waals surface area contributed by atoms with Crippen molar-refractivity contribution < 1.29 is 9.53 Å². The first-order chi connectivity index (χ1) is 8.22. The Morgan fingerprint density at radius 2 is 2.16 bits per heavy atom. The number of esters is 1. The Morgan fingerprint density at radius 1 is 1.42 bits per heavy atom. The van der Waals surface area contributed by atoms with Gasteiger partial charge in [-0.1, -0.05) is 6.07 Å². The minimum Gasteiger partial charge on any atom is -0.465 e. The fourth-order valence-corrected chi connectivity index (χ4v) is 2.15. The van der Waals surface area contributed by atoms with Crippen LogP contribution in [0.3, 0.4) is 0 Å². The SMILES string of the molecule is COC(=O)c1cccc(N2CCNC[C@H]2C)c1.Cl.Cl. The maximum Gasteiger partial charge on any atom is 0.337 e. The molecule has 0 saturated carbocycles. The molecular weight excluding hydrogens is 287 g/mol. The van der Waals surface area contributed by atoms with E-state index in [1.54, 1.807) is 6.07 Å². The molecule has 1 aromatic rings. The Hall–Kier alpha value is -0.970. The number of carbonyl (C=O) groups excluding carboxylic acids is 1. The van der Waals surface area contributed by atoms with Gasteiger partial charge in [0.25, 0.3) is 0 Å². The minimum absolute atomic E-state index is 0. The maximum atomic E-state index is 11.5. The van der Waals surface area contributed by atoms with Gasteiger partial charge >= 0.3 is 5.97 Å². The fraction of sp³-hybridized carbons (Fsp3) is 0.462. The molecule has 0 aliphatic carbocycles. The van der Waals surface area contributed by atoms with Gasteiger partial charge in [0.05, 0.1) is 12.7 Å². The van der Waals surface area contributed by atoms with Gasteiger partial charge in [-0.2, -0.15) is 0 Å². The van der Waals surface area contributed by atoms with Crippen LogP contribution in [0.5, 0.6) is 0 Å². The predicted molar refractivity (Wildman–Crippen MR) is 82.0 cm³/mol. The van der Waals surface area contributed by atoms with Crippen molar-refractivity contribution in [1.29, 1.82) is 0 Å². The Bertz CT molecular complexity index is 415. The summed E-state index contributed by atoms with van der Waals surface area (Å²) in [6.07, 6.45) is 0. The third-order valence-corrected chi connectivity index (χ3v) is 3.10. The summed E-state index contributed by atoms with van der Waals surface area (Å²) < 4.78 is 4.74. The third kappa shape index (κ3) is 4.27. The van der Waals surface area contributed by atoms with Crippen LogP contribution in [0.1, 0.15) is 17.3 Å². The second-order valence-electron chi connectivity index (χ2n) is 4.29. The molecule has 108 valence electrons. The number of nitrogens with one attached hydrogen (secondary N) is 1. The second-order valence-corrected chi connectivity index (χ2v) is 4.29. The lowest BCUT2D eigenvalue weighted by Crippen LogP contribution is -2.49. The van der Waals surface area contributed by atoms with Crippen molar-refractivity contribution >= 4 is 36.5 Å². The number of halogens is 2. The molecule has 0 amide bonds. The van der Waals surface area contributed by atoms with E-state index < -0.39 is 0 Å². The highest BCUT2D eigenvalue weighted by atomic mass is 35.5. The van der Waals surface area contributed by atoms with Crippen molar-refractivity contribution in [2.45, 2.75) is 13.0 Å². The van der Waals surface area contributed by atoms with E-state index in [0.717, 1.165) is 25.3 Å². The number of ether oxygens (including phenoxy) is 1. The Labute approximate surface area is 126 Å². The first kappa shape index (κ1) is 18.0. The average Bonchev–Trinajstić information content (AvgIpc) is 2.38. The Kier molecular flexibility index (Phi) is 7.83. The van der Waals surface area contributed by atoms with Crippen LogP contribution in [0.25, 0.3) is 0 Å². The average molecular weight is 307 g/mol. The van der Waals surface area contributed by atoms with Gasteiger partial charge in [0.15, 0.2) is 0 Å². The van der Waals surface area contributed by atoms with Crippen molar-refractivity contribution in [2.75, 3.05) is 31.6 Å². The second kappa shape index (κ2) is 8.25. The van der Waals surface area contributed by atoms with Gasteiger partial charge in [-0.25, -0.2) is 4.79 Å². The Balaban J connectivity index is 0.00000162.